The lowest BCUT2D eigenvalue weighted by atomic mass is 10.2. The molecule has 0 aliphatic carbocycles. The van der Waals surface area contributed by atoms with E-state index in [0.717, 1.165) is 0 Å². The van der Waals surface area contributed by atoms with Gasteiger partial charge in [0, 0.05) is 4.47 Å². The van der Waals surface area contributed by atoms with Gasteiger partial charge in [0.1, 0.15) is 0 Å². The van der Waals surface area contributed by atoms with Crippen LogP contribution in [0.25, 0.3) is 0 Å². The molecule has 2 rings (SSSR count). The monoisotopic (exact) mass is 396 g/mol. The van der Waals surface area contributed by atoms with E-state index in [4.69, 9.17) is 23.7 Å². The van der Waals surface area contributed by atoms with Crippen LogP contribution in [0.15, 0.2) is 34.8 Å². The molecule has 2 aromatic carbocycles. The third kappa shape index (κ3) is 3.56. The van der Waals surface area contributed by atoms with Crippen molar-refractivity contribution >= 4 is 21.9 Å². The first-order valence-electron chi connectivity index (χ1n) is 6.90. The number of hydrogen-bond acceptors (Lipinski definition) is 6. The summed E-state index contributed by atoms with van der Waals surface area (Å²) in [7, 11) is 5.99. The summed E-state index contributed by atoms with van der Waals surface area (Å²) in [6, 6.07) is 8.21. The number of ether oxygens (including phenoxy) is 5. The van der Waals surface area contributed by atoms with Crippen molar-refractivity contribution in [2.24, 2.45) is 0 Å². The average Bonchev–Trinajstić information content (AvgIpc) is 2.60. The largest absolute Gasteiger partial charge is 0.493 e. The molecule has 0 bridgehead atoms. The Morgan fingerprint density at radius 1 is 0.833 bits per heavy atom. The Balaban J connectivity index is 2.37. The highest BCUT2D eigenvalue weighted by Gasteiger charge is 2.20. The maximum absolute atomic E-state index is 12.5. The van der Waals surface area contributed by atoms with Gasteiger partial charge in [-0.1, -0.05) is 6.07 Å². The average molecular weight is 397 g/mol. The quantitative estimate of drug-likeness (QED) is 0.547. The molecule has 0 aliphatic heterocycles. The predicted octanol–water partition coefficient (Wildman–Crippen LogP) is 3.70. The maximum atomic E-state index is 12.5. The molecule has 0 saturated heterocycles. The Bertz CT molecular complexity index is 744. The fourth-order valence-corrected chi connectivity index (χ4v) is 2.59. The fraction of sp³-hybridized carbons (Fsp3) is 0.235. The highest BCUT2D eigenvalue weighted by molar-refractivity contribution is 9.10. The van der Waals surface area contributed by atoms with Gasteiger partial charge < -0.3 is 23.7 Å². The third-order valence-electron chi connectivity index (χ3n) is 3.26. The molecule has 0 aromatic heterocycles. The normalized spacial score (nSPS) is 10.0. The molecule has 0 heterocycles. The summed E-state index contributed by atoms with van der Waals surface area (Å²) < 4.78 is 26.8. The van der Waals surface area contributed by atoms with Crippen molar-refractivity contribution in [1.29, 1.82) is 0 Å². The van der Waals surface area contributed by atoms with Gasteiger partial charge in [0.15, 0.2) is 23.0 Å². The van der Waals surface area contributed by atoms with E-state index in [1.165, 1.54) is 34.5 Å². The highest BCUT2D eigenvalue weighted by atomic mass is 79.9. The van der Waals surface area contributed by atoms with Crippen LogP contribution in [0.5, 0.6) is 28.7 Å². The molecular formula is C17H17BrO6. The number of rotatable bonds is 6. The van der Waals surface area contributed by atoms with Crippen LogP contribution in [-0.4, -0.2) is 34.4 Å². The van der Waals surface area contributed by atoms with Crippen LogP contribution in [0, 0.1) is 0 Å². The Hall–Kier alpha value is -2.41. The first-order valence-corrected chi connectivity index (χ1v) is 7.69. The van der Waals surface area contributed by atoms with Crippen molar-refractivity contribution in [2.75, 3.05) is 28.4 Å². The zero-order valence-electron chi connectivity index (χ0n) is 13.7. The van der Waals surface area contributed by atoms with E-state index in [-0.39, 0.29) is 11.3 Å². The first kappa shape index (κ1) is 17.9. The summed E-state index contributed by atoms with van der Waals surface area (Å²) in [4.78, 5) is 12.5. The van der Waals surface area contributed by atoms with Gasteiger partial charge >= 0.3 is 5.97 Å². The van der Waals surface area contributed by atoms with Gasteiger partial charge in [0.25, 0.3) is 0 Å². The van der Waals surface area contributed by atoms with E-state index in [2.05, 4.69) is 15.9 Å². The topological polar surface area (TPSA) is 63.2 Å². The third-order valence-corrected chi connectivity index (χ3v) is 3.92. The lowest BCUT2D eigenvalue weighted by molar-refractivity contribution is 0.0727. The van der Waals surface area contributed by atoms with Crippen molar-refractivity contribution in [3.8, 4) is 28.7 Å². The second-order valence-electron chi connectivity index (χ2n) is 4.57. The van der Waals surface area contributed by atoms with Crippen LogP contribution in [-0.2, 0) is 0 Å². The first-order chi connectivity index (χ1) is 11.5. The van der Waals surface area contributed by atoms with Gasteiger partial charge in [-0.2, -0.15) is 0 Å². The number of methoxy groups -OCH3 is 4. The molecule has 0 radical (unpaired) electrons. The molecule has 0 N–H and O–H groups in total. The molecule has 0 aliphatic rings. The van der Waals surface area contributed by atoms with Gasteiger partial charge in [0.05, 0.1) is 34.0 Å². The van der Waals surface area contributed by atoms with Gasteiger partial charge in [-0.05, 0) is 40.2 Å². The molecule has 0 spiro atoms. The Morgan fingerprint density at radius 3 is 2.00 bits per heavy atom. The van der Waals surface area contributed by atoms with E-state index >= 15 is 0 Å². The fourth-order valence-electron chi connectivity index (χ4n) is 2.10. The van der Waals surface area contributed by atoms with E-state index in [1.54, 1.807) is 24.3 Å². The lowest BCUT2D eigenvalue weighted by Gasteiger charge is -2.14. The standard InChI is InChI=1S/C17H17BrO6/c1-20-12-6-5-7-13(16(12)23-4)24-17(19)10-8-14(21-2)15(22-3)9-11(10)18/h5-9H,1-4H3. The molecule has 0 atom stereocenters. The highest BCUT2D eigenvalue weighted by Crippen LogP contribution is 2.38. The van der Waals surface area contributed by atoms with E-state index in [1.807, 2.05) is 0 Å². The van der Waals surface area contributed by atoms with Crippen molar-refractivity contribution in [2.45, 2.75) is 0 Å². The summed E-state index contributed by atoms with van der Waals surface area (Å²) in [6.45, 7) is 0. The second-order valence-corrected chi connectivity index (χ2v) is 5.42. The van der Waals surface area contributed by atoms with Crippen molar-refractivity contribution in [1.82, 2.24) is 0 Å². The number of para-hydroxylation sites is 1. The molecule has 0 fully saturated rings. The Kier molecular flexibility index (Phi) is 5.92. The van der Waals surface area contributed by atoms with Crippen LogP contribution in [0.4, 0.5) is 0 Å². The molecule has 24 heavy (non-hydrogen) atoms. The summed E-state index contributed by atoms with van der Waals surface area (Å²) >= 11 is 3.34. The van der Waals surface area contributed by atoms with E-state index in [9.17, 15) is 4.79 Å². The number of benzene rings is 2. The SMILES string of the molecule is COc1cc(Br)c(C(=O)Oc2cccc(OC)c2OC)cc1OC. The number of halogens is 1. The lowest BCUT2D eigenvalue weighted by Crippen LogP contribution is -2.11. The maximum Gasteiger partial charge on any atom is 0.344 e. The molecular weight excluding hydrogens is 380 g/mol. The number of carbonyl (C=O) groups is 1. The Morgan fingerprint density at radius 2 is 1.42 bits per heavy atom. The van der Waals surface area contributed by atoms with Crippen LogP contribution in [0.3, 0.4) is 0 Å². The van der Waals surface area contributed by atoms with Crippen LogP contribution in [0.2, 0.25) is 0 Å². The minimum absolute atomic E-state index is 0.253. The Labute approximate surface area is 148 Å². The van der Waals surface area contributed by atoms with Crippen LogP contribution >= 0.6 is 15.9 Å². The molecule has 2 aromatic rings. The predicted molar refractivity (Wildman–Crippen MR) is 91.8 cm³/mol. The van der Waals surface area contributed by atoms with Crippen molar-refractivity contribution in [3.05, 3.63) is 40.4 Å². The van der Waals surface area contributed by atoms with Crippen LogP contribution < -0.4 is 23.7 Å². The molecule has 128 valence electrons. The zero-order chi connectivity index (χ0) is 17.7. The summed E-state index contributed by atoms with van der Waals surface area (Å²) in [5.41, 5.74) is 0.289. The number of esters is 1. The van der Waals surface area contributed by atoms with Gasteiger partial charge in [-0.3, -0.25) is 0 Å². The van der Waals surface area contributed by atoms with Gasteiger partial charge in [-0.15, -0.1) is 0 Å². The molecule has 7 heteroatoms. The molecule has 6 nitrogen and oxygen atoms in total. The number of hydrogen-bond donors (Lipinski definition) is 0. The van der Waals surface area contributed by atoms with Crippen molar-refractivity contribution < 1.29 is 28.5 Å². The molecule has 0 unspecified atom stereocenters. The van der Waals surface area contributed by atoms with Gasteiger partial charge in [-0.25, -0.2) is 4.79 Å². The van der Waals surface area contributed by atoms with Crippen molar-refractivity contribution in [3.63, 3.8) is 0 Å². The molecule has 0 amide bonds. The van der Waals surface area contributed by atoms with Gasteiger partial charge in [0.2, 0.25) is 5.75 Å². The van der Waals surface area contributed by atoms with E-state index in [0.29, 0.717) is 27.5 Å². The minimum atomic E-state index is -0.575. The second kappa shape index (κ2) is 7.92. The zero-order valence-corrected chi connectivity index (χ0v) is 15.3. The van der Waals surface area contributed by atoms with E-state index < -0.39 is 5.97 Å². The summed E-state index contributed by atoms with van der Waals surface area (Å²) in [5, 5.41) is 0. The minimum Gasteiger partial charge on any atom is -0.493 e. The van der Waals surface area contributed by atoms with Crippen LogP contribution in [0.1, 0.15) is 10.4 Å². The summed E-state index contributed by atoms with van der Waals surface area (Å²) in [6.07, 6.45) is 0. The summed E-state index contributed by atoms with van der Waals surface area (Å²) in [5.74, 6) is 1.40. The number of carbonyl (C=O) groups excluding carboxylic acids is 1. The smallest absolute Gasteiger partial charge is 0.344 e. The molecule has 0 saturated carbocycles.